The molecule has 0 saturated carbocycles. The third kappa shape index (κ3) is 3.74. The van der Waals surface area contributed by atoms with Crippen molar-refractivity contribution >= 4 is 29.6 Å². The average molecular weight is 282 g/mol. The van der Waals surface area contributed by atoms with Crippen LogP contribution in [0.2, 0.25) is 0 Å². The number of carboxylic acid groups (broad SMARTS) is 1. The summed E-state index contributed by atoms with van der Waals surface area (Å²) in [5, 5.41) is 9.88. The Morgan fingerprint density at radius 2 is 1.80 bits per heavy atom. The van der Waals surface area contributed by atoms with Gasteiger partial charge in [0, 0.05) is 25.3 Å². The van der Waals surface area contributed by atoms with Crippen molar-refractivity contribution in [3.8, 4) is 0 Å². The van der Waals surface area contributed by atoms with Crippen molar-refractivity contribution in [1.29, 1.82) is 0 Å². The Bertz CT molecular complexity index is 492. The Hall–Kier alpha value is -2.51. The molecule has 0 atom stereocenters. The van der Waals surface area contributed by atoms with E-state index in [1.807, 2.05) is 12.2 Å². The first-order valence-electron chi connectivity index (χ1n) is 6.01. The fourth-order valence-corrected chi connectivity index (χ4v) is 1.63. The van der Waals surface area contributed by atoms with Gasteiger partial charge in [-0.2, -0.15) is 0 Å². The quantitative estimate of drug-likeness (QED) is 0.676. The van der Waals surface area contributed by atoms with Crippen molar-refractivity contribution in [3.05, 3.63) is 11.8 Å². The number of likely N-dealkylation sites (tertiary alicyclic amines) is 1. The molecule has 8 nitrogen and oxygen atoms in total. The van der Waals surface area contributed by atoms with E-state index in [1.165, 1.54) is 0 Å². The summed E-state index contributed by atoms with van der Waals surface area (Å²) in [4.78, 5) is 54.7. The number of aliphatic carboxylic acids is 1. The van der Waals surface area contributed by atoms with Crippen LogP contribution in [0.25, 0.3) is 0 Å². The summed E-state index contributed by atoms with van der Waals surface area (Å²) in [6, 6.07) is 0. The van der Waals surface area contributed by atoms with Crippen LogP contribution in [0.1, 0.15) is 32.6 Å². The molecule has 2 heterocycles. The second-order valence-electron chi connectivity index (χ2n) is 4.11. The zero-order valence-corrected chi connectivity index (χ0v) is 10.8. The first kappa shape index (κ1) is 15.5. The summed E-state index contributed by atoms with van der Waals surface area (Å²) in [6.07, 6.45) is 2.17. The topological polar surface area (TPSA) is 121 Å². The van der Waals surface area contributed by atoms with Crippen LogP contribution in [-0.2, 0) is 24.0 Å². The van der Waals surface area contributed by atoms with Crippen molar-refractivity contribution < 1.29 is 29.1 Å². The summed E-state index contributed by atoms with van der Waals surface area (Å²) < 4.78 is 0. The lowest BCUT2D eigenvalue weighted by Gasteiger charge is -2.11. The number of amides is 4. The maximum absolute atomic E-state index is 11.2. The number of imide groups is 2. The summed E-state index contributed by atoms with van der Waals surface area (Å²) >= 11 is 0. The Labute approximate surface area is 114 Å². The van der Waals surface area contributed by atoms with Gasteiger partial charge in [0.2, 0.25) is 11.8 Å². The van der Waals surface area contributed by atoms with E-state index in [2.05, 4.69) is 0 Å². The van der Waals surface area contributed by atoms with E-state index in [4.69, 9.17) is 5.11 Å². The maximum Gasteiger partial charge on any atom is 0.303 e. The lowest BCUT2D eigenvalue weighted by atomic mass is 10.4. The molecule has 2 rings (SSSR count). The van der Waals surface area contributed by atoms with Crippen molar-refractivity contribution in [2.24, 2.45) is 0 Å². The van der Waals surface area contributed by atoms with Gasteiger partial charge in [0.25, 0.3) is 11.8 Å². The molecule has 108 valence electrons. The van der Waals surface area contributed by atoms with Crippen LogP contribution in [-0.4, -0.2) is 39.6 Å². The SMILES string of the molecule is CCCC(=O)O.O=C1C=C(N2C(=O)CCC2=O)C(=O)N1. The number of nitrogens with one attached hydrogen (secondary N) is 1. The van der Waals surface area contributed by atoms with Crippen LogP contribution in [0, 0.1) is 0 Å². The fourth-order valence-electron chi connectivity index (χ4n) is 1.63. The number of nitrogens with zero attached hydrogens (tertiary/aromatic N) is 1. The summed E-state index contributed by atoms with van der Waals surface area (Å²) in [5.74, 6) is -2.88. The van der Waals surface area contributed by atoms with Gasteiger partial charge in [-0.3, -0.25) is 29.3 Å². The second-order valence-corrected chi connectivity index (χ2v) is 4.11. The summed E-state index contributed by atoms with van der Waals surface area (Å²) in [7, 11) is 0. The minimum absolute atomic E-state index is 0.0949. The highest BCUT2D eigenvalue weighted by Crippen LogP contribution is 2.19. The van der Waals surface area contributed by atoms with Crippen LogP contribution in [0.4, 0.5) is 0 Å². The van der Waals surface area contributed by atoms with Crippen molar-refractivity contribution in [2.45, 2.75) is 32.6 Å². The standard InChI is InChI=1S/C8H6N2O4.C4H8O2/c11-5-3-4(8(14)9-5)10-6(12)1-2-7(10)13;1-2-3-4(5)6/h3H,1-2H2,(H,9,11,14);2-3H2,1H3,(H,5,6). The molecule has 0 aromatic heterocycles. The van der Waals surface area contributed by atoms with Crippen molar-refractivity contribution in [3.63, 3.8) is 0 Å². The summed E-state index contributed by atoms with van der Waals surface area (Å²) in [6.45, 7) is 1.84. The minimum Gasteiger partial charge on any atom is -0.481 e. The van der Waals surface area contributed by atoms with Crippen LogP contribution in [0.3, 0.4) is 0 Å². The fraction of sp³-hybridized carbons (Fsp3) is 0.417. The predicted octanol–water partition coefficient (Wildman–Crippen LogP) is -0.453. The number of rotatable bonds is 3. The lowest BCUT2D eigenvalue weighted by Crippen LogP contribution is -2.34. The highest BCUT2D eigenvalue weighted by atomic mass is 16.4. The number of hydrogen-bond acceptors (Lipinski definition) is 5. The highest BCUT2D eigenvalue weighted by molar-refractivity contribution is 6.20. The number of hydrogen-bond donors (Lipinski definition) is 2. The van der Waals surface area contributed by atoms with Gasteiger partial charge in [0.1, 0.15) is 5.70 Å². The molecular formula is C12H14N2O6. The zero-order valence-electron chi connectivity index (χ0n) is 10.8. The molecule has 0 aromatic carbocycles. The molecular weight excluding hydrogens is 268 g/mol. The molecule has 0 bridgehead atoms. The van der Waals surface area contributed by atoms with E-state index in [-0.39, 0.29) is 18.5 Å². The molecule has 0 spiro atoms. The molecule has 0 unspecified atom stereocenters. The van der Waals surface area contributed by atoms with Crippen molar-refractivity contribution in [2.75, 3.05) is 0 Å². The Balaban J connectivity index is 0.000000286. The third-order valence-corrected chi connectivity index (χ3v) is 2.49. The van der Waals surface area contributed by atoms with Crippen molar-refractivity contribution in [1.82, 2.24) is 10.2 Å². The molecule has 4 amide bonds. The Morgan fingerprint density at radius 1 is 1.25 bits per heavy atom. The molecule has 2 aliphatic rings. The van der Waals surface area contributed by atoms with Crippen LogP contribution in [0.15, 0.2) is 11.8 Å². The van der Waals surface area contributed by atoms with E-state index in [0.717, 1.165) is 17.4 Å². The zero-order chi connectivity index (χ0) is 15.3. The molecule has 2 aliphatic heterocycles. The van der Waals surface area contributed by atoms with Gasteiger partial charge in [-0.25, -0.2) is 4.90 Å². The molecule has 1 saturated heterocycles. The van der Waals surface area contributed by atoms with Gasteiger partial charge in [-0.1, -0.05) is 6.92 Å². The molecule has 0 aliphatic carbocycles. The molecule has 20 heavy (non-hydrogen) atoms. The minimum atomic E-state index is -0.711. The van der Waals surface area contributed by atoms with Gasteiger partial charge in [0.05, 0.1) is 0 Å². The van der Waals surface area contributed by atoms with Gasteiger partial charge >= 0.3 is 5.97 Å². The lowest BCUT2D eigenvalue weighted by molar-refractivity contribution is -0.139. The van der Waals surface area contributed by atoms with Crippen LogP contribution >= 0.6 is 0 Å². The molecule has 0 radical (unpaired) electrons. The number of carbonyl (C=O) groups is 5. The Kier molecular flexibility index (Phi) is 5.13. The maximum atomic E-state index is 11.2. The molecule has 8 heteroatoms. The van der Waals surface area contributed by atoms with E-state index in [0.29, 0.717) is 6.42 Å². The first-order valence-corrected chi connectivity index (χ1v) is 6.01. The van der Waals surface area contributed by atoms with Gasteiger partial charge in [-0.05, 0) is 6.42 Å². The first-order chi connectivity index (χ1) is 9.36. The molecule has 0 aromatic rings. The van der Waals surface area contributed by atoms with Crippen LogP contribution < -0.4 is 5.32 Å². The second kappa shape index (κ2) is 6.60. The highest BCUT2D eigenvalue weighted by Gasteiger charge is 2.37. The van der Waals surface area contributed by atoms with E-state index >= 15 is 0 Å². The van der Waals surface area contributed by atoms with E-state index in [9.17, 15) is 24.0 Å². The third-order valence-electron chi connectivity index (χ3n) is 2.49. The Morgan fingerprint density at radius 3 is 2.10 bits per heavy atom. The summed E-state index contributed by atoms with van der Waals surface area (Å²) in [5.41, 5.74) is -0.164. The number of carbonyl (C=O) groups excluding carboxylic acids is 4. The largest absolute Gasteiger partial charge is 0.481 e. The molecule has 1 fully saturated rings. The van der Waals surface area contributed by atoms with Gasteiger partial charge in [-0.15, -0.1) is 0 Å². The van der Waals surface area contributed by atoms with Gasteiger partial charge < -0.3 is 5.11 Å². The monoisotopic (exact) mass is 282 g/mol. The van der Waals surface area contributed by atoms with Crippen LogP contribution in [0.5, 0.6) is 0 Å². The normalized spacial score (nSPS) is 17.6. The van der Waals surface area contributed by atoms with E-state index in [1.54, 1.807) is 0 Å². The predicted molar refractivity (Wildman–Crippen MR) is 64.9 cm³/mol. The molecule has 2 N–H and O–H groups in total. The number of carboxylic acids is 1. The van der Waals surface area contributed by atoms with Gasteiger partial charge in [0.15, 0.2) is 0 Å². The average Bonchev–Trinajstić information content (AvgIpc) is 2.82. The van der Waals surface area contributed by atoms with E-state index < -0.39 is 29.6 Å². The smallest absolute Gasteiger partial charge is 0.303 e.